The fraction of sp³-hybridized carbons (Fsp3) is 0.310. The molecule has 0 spiro atoms. The summed E-state index contributed by atoms with van der Waals surface area (Å²) in [5, 5.41) is 11.7. The zero-order valence-electron chi connectivity index (χ0n) is 22.8. The minimum Gasteiger partial charge on any atom is -0.488 e. The lowest BCUT2D eigenvalue weighted by atomic mass is 10.1. The Morgan fingerprint density at radius 1 is 1.15 bits per heavy atom. The number of hydrogen-bond acceptors (Lipinski definition) is 8. The van der Waals surface area contributed by atoms with Crippen LogP contribution in [0.1, 0.15) is 12.8 Å². The van der Waals surface area contributed by atoms with Crippen molar-refractivity contribution >= 4 is 39.8 Å². The van der Waals surface area contributed by atoms with E-state index >= 15 is 0 Å². The summed E-state index contributed by atoms with van der Waals surface area (Å²) in [7, 11) is 7.99. The second-order valence-electron chi connectivity index (χ2n) is 10.0. The number of rotatable bonds is 11. The number of fused-ring (bicyclic) bond motifs is 1. The molecule has 1 aliphatic rings. The van der Waals surface area contributed by atoms with E-state index in [1.165, 1.54) is 6.08 Å². The van der Waals surface area contributed by atoms with E-state index in [0.29, 0.717) is 23.1 Å². The molecule has 1 fully saturated rings. The van der Waals surface area contributed by atoms with Gasteiger partial charge in [-0.15, -0.1) is 0 Å². The summed E-state index contributed by atoms with van der Waals surface area (Å²) in [6.07, 6.45) is 7.04. The van der Waals surface area contributed by atoms with Crippen LogP contribution in [0.15, 0.2) is 61.4 Å². The summed E-state index contributed by atoms with van der Waals surface area (Å²) in [4.78, 5) is 25.8. The van der Waals surface area contributed by atoms with Gasteiger partial charge in [-0.05, 0) is 57.3 Å². The average molecular weight is 527 g/mol. The lowest BCUT2D eigenvalue weighted by Gasteiger charge is -2.26. The smallest absolute Gasteiger partial charge is 0.247 e. The van der Waals surface area contributed by atoms with Crippen LogP contribution < -0.4 is 20.3 Å². The first-order chi connectivity index (χ1) is 18.8. The summed E-state index contributed by atoms with van der Waals surface area (Å²) in [6.45, 7) is 5.23. The van der Waals surface area contributed by atoms with Gasteiger partial charge in [0.05, 0.1) is 40.6 Å². The Kier molecular flexibility index (Phi) is 7.47. The molecular weight excluding hydrogens is 492 g/mol. The molecule has 0 bridgehead atoms. The van der Waals surface area contributed by atoms with Gasteiger partial charge in [-0.3, -0.25) is 9.48 Å². The standard InChI is InChI=1S/C29H34N8O2/c1-6-28(38)32-23-16-24(27(39-21-8-9-21)17-26(23)36(4)14-13-35(2)3)34-29-30-12-11-22(33-29)19-7-10-25-20(15-19)18-31-37(25)5/h6-7,10-12,15-18,21H,1,8-9,13-14H2,2-5H3,(H,32,38)(H,30,33,34). The summed E-state index contributed by atoms with van der Waals surface area (Å²) >= 11 is 0. The Morgan fingerprint density at radius 2 is 1.97 bits per heavy atom. The van der Waals surface area contributed by atoms with Gasteiger partial charge in [0.25, 0.3) is 0 Å². The van der Waals surface area contributed by atoms with E-state index < -0.39 is 0 Å². The Balaban J connectivity index is 1.49. The molecule has 5 rings (SSSR count). The molecule has 10 nitrogen and oxygen atoms in total. The number of nitrogens with one attached hydrogen (secondary N) is 2. The number of carbonyl (C=O) groups is 1. The number of anilines is 4. The maximum absolute atomic E-state index is 12.3. The number of aryl methyl sites for hydroxylation is 1. The highest BCUT2D eigenvalue weighted by molar-refractivity contribution is 6.02. The number of carbonyl (C=O) groups excluding carboxylic acids is 1. The van der Waals surface area contributed by atoms with Gasteiger partial charge in [-0.1, -0.05) is 12.6 Å². The molecule has 2 aromatic carbocycles. The minimum atomic E-state index is -0.289. The van der Waals surface area contributed by atoms with Crippen molar-refractivity contribution in [2.45, 2.75) is 18.9 Å². The first-order valence-electron chi connectivity index (χ1n) is 13.0. The second kappa shape index (κ2) is 11.1. The third kappa shape index (κ3) is 6.18. The first-order valence-corrected chi connectivity index (χ1v) is 13.0. The molecule has 0 unspecified atom stereocenters. The highest BCUT2D eigenvalue weighted by Crippen LogP contribution is 2.40. The minimum absolute atomic E-state index is 0.178. The Bertz CT molecular complexity index is 1510. The summed E-state index contributed by atoms with van der Waals surface area (Å²) in [5.74, 6) is 0.823. The third-order valence-electron chi connectivity index (χ3n) is 6.60. The lowest BCUT2D eigenvalue weighted by Crippen LogP contribution is -2.29. The van der Waals surface area contributed by atoms with Crippen LogP contribution in [0.25, 0.3) is 22.2 Å². The van der Waals surface area contributed by atoms with E-state index in [1.54, 1.807) is 6.20 Å². The number of benzene rings is 2. The van der Waals surface area contributed by atoms with E-state index in [1.807, 2.05) is 69.4 Å². The Morgan fingerprint density at radius 3 is 2.72 bits per heavy atom. The zero-order chi connectivity index (χ0) is 27.5. The summed E-state index contributed by atoms with van der Waals surface area (Å²) in [5.41, 5.74) is 4.97. The number of ether oxygens (including phenoxy) is 1. The van der Waals surface area contributed by atoms with Gasteiger partial charge in [0.1, 0.15) is 5.75 Å². The number of nitrogens with zero attached hydrogens (tertiary/aromatic N) is 6. The van der Waals surface area contributed by atoms with Crippen molar-refractivity contribution < 1.29 is 9.53 Å². The molecule has 0 saturated heterocycles. The van der Waals surface area contributed by atoms with Gasteiger partial charge >= 0.3 is 0 Å². The average Bonchev–Trinajstić information content (AvgIpc) is 3.68. The largest absolute Gasteiger partial charge is 0.488 e. The Hall–Kier alpha value is -4.44. The molecule has 10 heteroatoms. The highest BCUT2D eigenvalue weighted by atomic mass is 16.5. The molecule has 1 amide bonds. The van der Waals surface area contributed by atoms with Crippen LogP contribution in [-0.2, 0) is 11.8 Å². The molecule has 39 heavy (non-hydrogen) atoms. The van der Waals surface area contributed by atoms with Gasteiger partial charge in [0.15, 0.2) is 0 Å². The normalized spacial score (nSPS) is 12.9. The van der Waals surface area contributed by atoms with Crippen LogP contribution >= 0.6 is 0 Å². The summed E-state index contributed by atoms with van der Waals surface area (Å²) in [6, 6.07) is 11.8. The van der Waals surface area contributed by atoms with Crippen LogP contribution in [0.3, 0.4) is 0 Å². The van der Waals surface area contributed by atoms with Crippen molar-refractivity contribution in [3.05, 3.63) is 61.4 Å². The molecule has 2 heterocycles. The van der Waals surface area contributed by atoms with E-state index in [-0.39, 0.29) is 12.0 Å². The molecule has 0 atom stereocenters. The third-order valence-corrected chi connectivity index (χ3v) is 6.60. The molecule has 202 valence electrons. The SMILES string of the molecule is C=CC(=O)Nc1cc(Nc2nccc(-c3ccc4c(cnn4C)c3)n2)c(OC2CC2)cc1N(C)CCN(C)C. The van der Waals surface area contributed by atoms with Gasteiger partial charge in [0.2, 0.25) is 11.9 Å². The molecule has 0 aliphatic heterocycles. The molecular formula is C29H34N8O2. The van der Waals surface area contributed by atoms with Gasteiger partial charge in [-0.25, -0.2) is 9.97 Å². The van der Waals surface area contributed by atoms with Crippen molar-refractivity contribution in [1.29, 1.82) is 0 Å². The van der Waals surface area contributed by atoms with Crippen LogP contribution in [0.2, 0.25) is 0 Å². The van der Waals surface area contributed by atoms with Gasteiger partial charge in [0, 0.05) is 50.4 Å². The van der Waals surface area contributed by atoms with Crippen molar-refractivity contribution in [2.75, 3.05) is 49.8 Å². The Labute approximate surface area is 228 Å². The maximum Gasteiger partial charge on any atom is 0.247 e. The van der Waals surface area contributed by atoms with Gasteiger partial charge < -0.3 is 25.2 Å². The molecule has 4 aromatic rings. The number of amides is 1. The van der Waals surface area contributed by atoms with E-state index in [2.05, 4.69) is 43.2 Å². The van der Waals surface area contributed by atoms with Crippen LogP contribution in [0.4, 0.5) is 23.0 Å². The zero-order valence-corrected chi connectivity index (χ0v) is 22.8. The molecule has 1 saturated carbocycles. The van der Waals surface area contributed by atoms with E-state index in [0.717, 1.165) is 53.8 Å². The molecule has 2 aromatic heterocycles. The van der Waals surface area contributed by atoms with Crippen molar-refractivity contribution in [1.82, 2.24) is 24.6 Å². The predicted molar refractivity (Wildman–Crippen MR) is 156 cm³/mol. The van der Waals surface area contributed by atoms with Gasteiger partial charge in [-0.2, -0.15) is 5.10 Å². The van der Waals surface area contributed by atoms with Crippen LogP contribution in [-0.4, -0.2) is 70.9 Å². The lowest BCUT2D eigenvalue weighted by molar-refractivity contribution is -0.111. The van der Waals surface area contributed by atoms with E-state index in [9.17, 15) is 4.79 Å². The van der Waals surface area contributed by atoms with Crippen molar-refractivity contribution in [3.8, 4) is 17.0 Å². The second-order valence-corrected chi connectivity index (χ2v) is 10.0. The molecule has 1 aliphatic carbocycles. The fourth-order valence-corrected chi connectivity index (χ4v) is 4.22. The number of likely N-dealkylation sites (N-methyl/N-ethyl adjacent to an activating group) is 2. The highest BCUT2D eigenvalue weighted by Gasteiger charge is 2.26. The first kappa shape index (κ1) is 26.2. The van der Waals surface area contributed by atoms with Crippen molar-refractivity contribution in [3.63, 3.8) is 0 Å². The van der Waals surface area contributed by atoms with E-state index in [4.69, 9.17) is 9.72 Å². The predicted octanol–water partition coefficient (Wildman–Crippen LogP) is 4.44. The number of aromatic nitrogens is 4. The fourth-order valence-electron chi connectivity index (χ4n) is 4.22. The van der Waals surface area contributed by atoms with Crippen molar-refractivity contribution in [2.24, 2.45) is 7.05 Å². The number of hydrogen-bond donors (Lipinski definition) is 2. The summed E-state index contributed by atoms with van der Waals surface area (Å²) < 4.78 is 8.14. The molecule has 0 radical (unpaired) electrons. The van der Waals surface area contributed by atoms with Crippen LogP contribution in [0, 0.1) is 0 Å². The maximum atomic E-state index is 12.3. The molecule has 2 N–H and O–H groups in total. The monoisotopic (exact) mass is 526 g/mol. The quantitative estimate of drug-likeness (QED) is 0.277. The van der Waals surface area contributed by atoms with Crippen LogP contribution in [0.5, 0.6) is 5.75 Å². The topological polar surface area (TPSA) is 100 Å².